The van der Waals surface area contributed by atoms with E-state index in [1.54, 1.807) is 60.0 Å². The number of para-hydroxylation sites is 1. The van der Waals surface area contributed by atoms with Crippen LogP contribution in [0.2, 0.25) is 5.02 Å². The van der Waals surface area contributed by atoms with Gasteiger partial charge in [0.2, 0.25) is 5.91 Å². The molecule has 1 fully saturated rings. The molecule has 1 aliphatic rings. The zero-order valence-corrected chi connectivity index (χ0v) is 18.7. The average Bonchev–Trinajstić information content (AvgIpc) is 3.38. The highest BCUT2D eigenvalue weighted by atomic mass is 35.5. The van der Waals surface area contributed by atoms with Crippen LogP contribution in [0.3, 0.4) is 0 Å². The minimum atomic E-state index is -3.96. The quantitative estimate of drug-likeness (QED) is 0.486. The Morgan fingerprint density at radius 2 is 1.81 bits per heavy atom. The Hall–Kier alpha value is -2.52. The molecule has 31 heavy (non-hydrogen) atoms. The Balaban J connectivity index is 1.67. The highest BCUT2D eigenvalue weighted by molar-refractivity contribution is 7.91. The fourth-order valence-corrected chi connectivity index (χ4v) is 6.50. The van der Waals surface area contributed by atoms with Crippen LogP contribution >= 0.6 is 22.9 Å². The maximum Gasteiger partial charge on any atom is 0.253 e. The second-order valence-corrected chi connectivity index (χ2v) is 10.6. The van der Waals surface area contributed by atoms with Crippen LogP contribution in [0.15, 0.2) is 76.3 Å². The molecule has 0 N–H and O–H groups in total. The third kappa shape index (κ3) is 4.43. The Morgan fingerprint density at radius 1 is 1.03 bits per heavy atom. The van der Waals surface area contributed by atoms with Crippen molar-refractivity contribution in [1.29, 1.82) is 0 Å². The molecule has 160 valence electrons. The minimum absolute atomic E-state index is 0.0485. The van der Waals surface area contributed by atoms with Crippen LogP contribution in [0, 0.1) is 0 Å². The highest BCUT2D eigenvalue weighted by Crippen LogP contribution is 2.30. The number of hydrogen-bond acceptors (Lipinski definition) is 5. The van der Waals surface area contributed by atoms with E-state index in [9.17, 15) is 18.0 Å². The van der Waals surface area contributed by atoms with Gasteiger partial charge in [-0.25, -0.2) is 13.3 Å². The van der Waals surface area contributed by atoms with E-state index in [1.165, 1.54) is 6.07 Å². The van der Waals surface area contributed by atoms with Crippen molar-refractivity contribution in [2.24, 2.45) is 0 Å². The third-order valence-electron chi connectivity index (χ3n) is 5.05. The number of hydrogen-bond donors (Lipinski definition) is 0. The number of rotatable bonds is 7. The van der Waals surface area contributed by atoms with Crippen LogP contribution in [-0.2, 0) is 26.0 Å². The molecule has 2 aromatic carbocycles. The summed E-state index contributed by atoms with van der Waals surface area (Å²) < 4.78 is 28.1. The zero-order valence-electron chi connectivity index (χ0n) is 16.3. The van der Waals surface area contributed by atoms with Gasteiger partial charge in [-0.15, -0.1) is 11.3 Å². The second kappa shape index (κ2) is 8.92. The van der Waals surface area contributed by atoms with E-state index in [-0.39, 0.29) is 17.2 Å². The highest BCUT2D eigenvalue weighted by Gasteiger charge is 2.46. The molecule has 0 radical (unpaired) electrons. The van der Waals surface area contributed by atoms with Crippen molar-refractivity contribution in [1.82, 2.24) is 4.31 Å². The lowest BCUT2D eigenvalue weighted by Crippen LogP contribution is -2.46. The summed E-state index contributed by atoms with van der Waals surface area (Å²) in [6.07, 6.45) is 0.155. The lowest BCUT2D eigenvalue weighted by Gasteiger charge is -2.26. The van der Waals surface area contributed by atoms with E-state index in [4.69, 9.17) is 11.6 Å². The standard InChI is InChI=1S/C22H19ClN2O4S2/c23-17-7-4-6-16(14-17)11-12-24(31(28,29)21-10-5-13-30-21)19-15-20(26)25(22(19)27)18-8-2-1-3-9-18/h1-10,13-14,19H,11-12,15H2. The summed E-state index contributed by atoms with van der Waals surface area (Å²) in [6.45, 7) is 0.0485. The number of amides is 2. The van der Waals surface area contributed by atoms with Crippen molar-refractivity contribution in [3.63, 3.8) is 0 Å². The van der Waals surface area contributed by atoms with Crippen LogP contribution in [-0.4, -0.2) is 37.1 Å². The molecule has 0 spiro atoms. The minimum Gasteiger partial charge on any atom is -0.274 e. The van der Waals surface area contributed by atoms with Crippen LogP contribution in [0.1, 0.15) is 12.0 Å². The van der Waals surface area contributed by atoms with Gasteiger partial charge in [-0.05, 0) is 47.7 Å². The average molecular weight is 475 g/mol. The first-order valence-electron chi connectivity index (χ1n) is 9.59. The summed E-state index contributed by atoms with van der Waals surface area (Å²) in [5, 5.41) is 2.22. The lowest BCUT2D eigenvalue weighted by atomic mass is 10.1. The van der Waals surface area contributed by atoms with Crippen molar-refractivity contribution < 1.29 is 18.0 Å². The monoisotopic (exact) mass is 474 g/mol. The van der Waals surface area contributed by atoms with E-state index in [1.807, 2.05) is 6.07 Å². The van der Waals surface area contributed by atoms with Gasteiger partial charge in [0.15, 0.2) is 0 Å². The predicted octanol–water partition coefficient (Wildman–Crippen LogP) is 3.97. The number of carbonyl (C=O) groups is 2. The third-order valence-corrected chi connectivity index (χ3v) is 8.57. The molecule has 4 rings (SSSR count). The summed E-state index contributed by atoms with van der Waals surface area (Å²) >= 11 is 7.13. The first-order chi connectivity index (χ1) is 14.9. The molecule has 1 atom stereocenters. The Bertz CT molecular complexity index is 1200. The fourth-order valence-electron chi connectivity index (χ4n) is 3.59. The number of carbonyl (C=O) groups excluding carboxylic acids is 2. The number of sulfonamides is 1. The summed E-state index contributed by atoms with van der Waals surface area (Å²) in [6, 6.07) is 17.7. The molecule has 1 aliphatic heterocycles. The molecule has 2 amide bonds. The van der Waals surface area contributed by atoms with Crippen molar-refractivity contribution in [2.75, 3.05) is 11.4 Å². The van der Waals surface area contributed by atoms with E-state index in [0.717, 1.165) is 26.1 Å². The Labute approximate surface area is 189 Å². The van der Waals surface area contributed by atoms with E-state index in [0.29, 0.717) is 17.1 Å². The summed E-state index contributed by atoms with van der Waals surface area (Å²) in [7, 11) is -3.96. The van der Waals surface area contributed by atoms with E-state index >= 15 is 0 Å². The Morgan fingerprint density at radius 3 is 2.48 bits per heavy atom. The molecule has 6 nitrogen and oxygen atoms in total. The summed E-state index contributed by atoms with van der Waals surface area (Å²) in [5.74, 6) is -0.960. The van der Waals surface area contributed by atoms with Crippen LogP contribution < -0.4 is 4.90 Å². The van der Waals surface area contributed by atoms with Gasteiger partial charge >= 0.3 is 0 Å². The SMILES string of the molecule is O=C1CC(N(CCc2cccc(Cl)c2)S(=O)(=O)c2cccs2)C(=O)N1c1ccccc1. The maximum atomic E-state index is 13.4. The molecular weight excluding hydrogens is 456 g/mol. The number of imide groups is 1. The van der Waals surface area contributed by atoms with Crippen molar-refractivity contribution in [3.8, 4) is 0 Å². The number of anilines is 1. The Kier molecular flexibility index (Phi) is 6.24. The van der Waals surface area contributed by atoms with Gasteiger partial charge in [0.1, 0.15) is 10.3 Å². The molecule has 0 bridgehead atoms. The summed E-state index contributed by atoms with van der Waals surface area (Å²) in [5.41, 5.74) is 1.28. The molecule has 2 heterocycles. The normalized spacial score (nSPS) is 17.0. The predicted molar refractivity (Wildman–Crippen MR) is 121 cm³/mol. The summed E-state index contributed by atoms with van der Waals surface area (Å²) in [4.78, 5) is 27.0. The van der Waals surface area contributed by atoms with E-state index in [2.05, 4.69) is 0 Å². The molecule has 9 heteroatoms. The van der Waals surface area contributed by atoms with Gasteiger partial charge < -0.3 is 0 Å². The van der Waals surface area contributed by atoms with Crippen LogP contribution in [0.25, 0.3) is 0 Å². The number of benzene rings is 2. The number of nitrogens with zero attached hydrogens (tertiary/aromatic N) is 2. The number of halogens is 1. The van der Waals surface area contributed by atoms with Crippen molar-refractivity contribution in [3.05, 3.63) is 82.7 Å². The smallest absolute Gasteiger partial charge is 0.253 e. The number of thiophene rings is 1. The van der Waals surface area contributed by atoms with Gasteiger partial charge in [-0.3, -0.25) is 9.59 Å². The van der Waals surface area contributed by atoms with Crippen LogP contribution in [0.4, 0.5) is 5.69 Å². The van der Waals surface area contributed by atoms with E-state index < -0.39 is 27.9 Å². The van der Waals surface area contributed by atoms with Crippen molar-refractivity contribution >= 4 is 50.5 Å². The molecule has 1 unspecified atom stereocenters. The van der Waals surface area contributed by atoms with Crippen LogP contribution in [0.5, 0.6) is 0 Å². The first-order valence-corrected chi connectivity index (χ1v) is 12.3. The molecule has 0 aliphatic carbocycles. The van der Waals surface area contributed by atoms with Gasteiger partial charge in [0.25, 0.3) is 15.9 Å². The van der Waals surface area contributed by atoms with Gasteiger partial charge in [0, 0.05) is 11.6 Å². The maximum absolute atomic E-state index is 13.4. The van der Waals surface area contributed by atoms with Gasteiger partial charge in [-0.2, -0.15) is 4.31 Å². The molecule has 0 saturated carbocycles. The topological polar surface area (TPSA) is 74.8 Å². The largest absolute Gasteiger partial charge is 0.274 e. The fraction of sp³-hybridized carbons (Fsp3) is 0.182. The second-order valence-electron chi connectivity index (χ2n) is 7.05. The lowest BCUT2D eigenvalue weighted by molar-refractivity contribution is -0.122. The van der Waals surface area contributed by atoms with Gasteiger partial charge in [-0.1, -0.05) is 48.0 Å². The molecule has 1 aromatic heterocycles. The zero-order chi connectivity index (χ0) is 22.0. The molecule has 3 aromatic rings. The van der Waals surface area contributed by atoms with Crippen molar-refractivity contribution in [2.45, 2.75) is 23.1 Å². The molecular formula is C22H19ClN2O4S2. The first kappa shape index (κ1) is 21.7. The molecule has 1 saturated heterocycles. The van der Waals surface area contributed by atoms with Gasteiger partial charge in [0.05, 0.1) is 12.1 Å².